The smallest absolute Gasteiger partial charge is 0.338 e. The average molecular weight is 531 g/mol. The number of hydrogen-bond acceptors (Lipinski definition) is 6. The summed E-state index contributed by atoms with van der Waals surface area (Å²) in [6.45, 7) is 7.06. The van der Waals surface area contributed by atoms with Crippen LogP contribution in [0.4, 0.5) is 11.4 Å². The SMILES string of the molecule is Cc1cc(NC(=O)COC(=O)[C@@H]2CC(=O)N(c3ccc(C(=O)OC(C)C)cc3)C2)cc(C)c1Br. The molecule has 0 spiro atoms. The highest BCUT2D eigenvalue weighted by Gasteiger charge is 2.36. The van der Waals surface area contributed by atoms with Crippen molar-refractivity contribution in [3.05, 3.63) is 57.6 Å². The van der Waals surface area contributed by atoms with E-state index in [9.17, 15) is 19.2 Å². The number of anilines is 2. The lowest BCUT2D eigenvalue weighted by atomic mass is 10.1. The van der Waals surface area contributed by atoms with Gasteiger partial charge in [-0.25, -0.2) is 4.79 Å². The lowest BCUT2D eigenvalue weighted by Crippen LogP contribution is -2.28. The minimum atomic E-state index is -0.678. The van der Waals surface area contributed by atoms with E-state index < -0.39 is 30.4 Å². The minimum absolute atomic E-state index is 0.0112. The molecule has 1 heterocycles. The molecule has 34 heavy (non-hydrogen) atoms. The Balaban J connectivity index is 1.53. The maximum atomic E-state index is 12.5. The van der Waals surface area contributed by atoms with Crippen LogP contribution in [0.2, 0.25) is 0 Å². The number of rotatable bonds is 7. The van der Waals surface area contributed by atoms with Gasteiger partial charge in [0.15, 0.2) is 6.61 Å². The number of esters is 2. The molecule has 0 aromatic heterocycles. The molecule has 180 valence electrons. The summed E-state index contributed by atoms with van der Waals surface area (Å²) in [5, 5.41) is 2.71. The third-order valence-corrected chi connectivity index (χ3v) is 6.53. The fourth-order valence-electron chi connectivity index (χ4n) is 3.64. The second kappa shape index (κ2) is 10.8. The lowest BCUT2D eigenvalue weighted by Gasteiger charge is -2.17. The van der Waals surface area contributed by atoms with Crippen molar-refractivity contribution in [1.29, 1.82) is 0 Å². The third kappa shape index (κ3) is 6.22. The molecule has 1 N–H and O–H groups in total. The summed E-state index contributed by atoms with van der Waals surface area (Å²) < 4.78 is 11.3. The predicted octanol–water partition coefficient (Wildman–Crippen LogP) is 4.17. The van der Waals surface area contributed by atoms with Crippen LogP contribution in [0.25, 0.3) is 0 Å². The minimum Gasteiger partial charge on any atom is -0.459 e. The average Bonchev–Trinajstić information content (AvgIpc) is 3.17. The number of carbonyl (C=O) groups is 4. The van der Waals surface area contributed by atoms with E-state index in [1.165, 1.54) is 4.90 Å². The van der Waals surface area contributed by atoms with Gasteiger partial charge in [0.1, 0.15) is 0 Å². The van der Waals surface area contributed by atoms with E-state index in [2.05, 4.69) is 21.2 Å². The van der Waals surface area contributed by atoms with Gasteiger partial charge in [-0.15, -0.1) is 0 Å². The monoisotopic (exact) mass is 530 g/mol. The number of benzene rings is 2. The summed E-state index contributed by atoms with van der Waals surface area (Å²) >= 11 is 3.48. The van der Waals surface area contributed by atoms with Crippen LogP contribution in [-0.2, 0) is 23.9 Å². The second-order valence-electron chi connectivity index (χ2n) is 8.49. The summed E-state index contributed by atoms with van der Waals surface area (Å²) in [6.07, 6.45) is -0.243. The molecule has 8 nitrogen and oxygen atoms in total. The van der Waals surface area contributed by atoms with E-state index in [4.69, 9.17) is 9.47 Å². The molecule has 0 radical (unpaired) electrons. The first-order chi connectivity index (χ1) is 16.0. The van der Waals surface area contributed by atoms with E-state index in [1.54, 1.807) is 38.1 Å². The number of ether oxygens (including phenoxy) is 2. The normalized spacial score (nSPS) is 15.4. The van der Waals surface area contributed by atoms with Gasteiger partial charge in [0.25, 0.3) is 5.91 Å². The molecule has 1 saturated heterocycles. The van der Waals surface area contributed by atoms with Crippen LogP contribution in [0.15, 0.2) is 40.9 Å². The van der Waals surface area contributed by atoms with E-state index in [1.807, 2.05) is 26.0 Å². The van der Waals surface area contributed by atoms with Crippen LogP contribution in [0.1, 0.15) is 41.8 Å². The number of carbonyl (C=O) groups excluding carboxylic acids is 4. The molecule has 1 aliphatic heterocycles. The zero-order valence-corrected chi connectivity index (χ0v) is 21.1. The molecular weight excluding hydrogens is 504 g/mol. The Kier molecular flexibility index (Phi) is 8.09. The summed E-state index contributed by atoms with van der Waals surface area (Å²) in [5.41, 5.74) is 3.51. The van der Waals surface area contributed by atoms with Gasteiger partial charge in [-0.1, -0.05) is 15.9 Å². The molecule has 0 unspecified atom stereocenters. The molecular formula is C25H27BrN2O6. The van der Waals surface area contributed by atoms with Crippen molar-refractivity contribution >= 4 is 51.1 Å². The molecule has 0 bridgehead atoms. The molecule has 1 fully saturated rings. The Bertz CT molecular complexity index is 1090. The molecule has 0 aliphatic carbocycles. The molecule has 3 rings (SSSR count). The topological polar surface area (TPSA) is 102 Å². The standard InChI is InChI=1S/C25H27BrN2O6/c1-14(2)34-25(32)17-5-7-20(8-6-17)28-12-18(11-22(28)30)24(31)33-13-21(29)27-19-9-15(3)23(26)16(4)10-19/h5-10,14,18H,11-13H2,1-4H3,(H,27,29)/t18-/m1/s1. The van der Waals surface area contributed by atoms with Gasteiger partial charge in [-0.3, -0.25) is 14.4 Å². The highest BCUT2D eigenvalue weighted by molar-refractivity contribution is 9.10. The van der Waals surface area contributed by atoms with Crippen molar-refractivity contribution in [1.82, 2.24) is 0 Å². The van der Waals surface area contributed by atoms with Crippen LogP contribution < -0.4 is 10.2 Å². The number of hydrogen-bond donors (Lipinski definition) is 1. The third-order valence-electron chi connectivity index (χ3n) is 5.28. The van der Waals surface area contributed by atoms with E-state index >= 15 is 0 Å². The Hall–Kier alpha value is -3.20. The number of nitrogens with zero attached hydrogens (tertiary/aromatic N) is 1. The Morgan fingerprint density at radius 2 is 1.74 bits per heavy atom. The van der Waals surface area contributed by atoms with Gasteiger partial charge >= 0.3 is 11.9 Å². The van der Waals surface area contributed by atoms with Crippen molar-refractivity contribution in [3.63, 3.8) is 0 Å². The number of amides is 2. The Morgan fingerprint density at radius 3 is 2.32 bits per heavy atom. The largest absolute Gasteiger partial charge is 0.459 e. The number of nitrogens with one attached hydrogen (secondary N) is 1. The van der Waals surface area contributed by atoms with Crippen LogP contribution in [0, 0.1) is 19.8 Å². The van der Waals surface area contributed by atoms with Crippen LogP contribution in [-0.4, -0.2) is 43.0 Å². The summed E-state index contributed by atoms with van der Waals surface area (Å²) in [4.78, 5) is 50.6. The summed E-state index contributed by atoms with van der Waals surface area (Å²) in [6, 6.07) is 10.1. The van der Waals surface area contributed by atoms with Gasteiger partial charge in [-0.2, -0.15) is 0 Å². The molecule has 2 aromatic rings. The van der Waals surface area contributed by atoms with Crippen molar-refractivity contribution in [3.8, 4) is 0 Å². The van der Waals surface area contributed by atoms with Crippen molar-refractivity contribution in [2.24, 2.45) is 5.92 Å². The summed E-state index contributed by atoms with van der Waals surface area (Å²) in [7, 11) is 0. The van der Waals surface area contributed by atoms with Crippen LogP contribution in [0.5, 0.6) is 0 Å². The first kappa shape index (κ1) is 25.4. The maximum absolute atomic E-state index is 12.5. The van der Waals surface area contributed by atoms with Gasteiger partial charge < -0.3 is 19.7 Å². The number of halogens is 1. The Morgan fingerprint density at radius 1 is 1.12 bits per heavy atom. The predicted molar refractivity (Wildman–Crippen MR) is 131 cm³/mol. The van der Waals surface area contributed by atoms with E-state index in [-0.39, 0.29) is 25.0 Å². The first-order valence-corrected chi connectivity index (χ1v) is 11.7. The molecule has 2 aromatic carbocycles. The van der Waals surface area contributed by atoms with Crippen LogP contribution in [0.3, 0.4) is 0 Å². The quantitative estimate of drug-likeness (QED) is 0.539. The second-order valence-corrected chi connectivity index (χ2v) is 9.28. The van der Waals surface area contributed by atoms with Gasteiger partial charge in [-0.05, 0) is 75.2 Å². The Labute approximate surface area is 206 Å². The highest BCUT2D eigenvalue weighted by atomic mass is 79.9. The van der Waals surface area contributed by atoms with Gasteiger partial charge in [0.05, 0.1) is 17.6 Å². The molecule has 1 atom stereocenters. The molecule has 2 amide bonds. The molecule has 1 aliphatic rings. The van der Waals surface area contributed by atoms with Gasteiger partial charge in [0.2, 0.25) is 5.91 Å². The van der Waals surface area contributed by atoms with Crippen molar-refractivity contribution in [2.45, 2.75) is 40.2 Å². The van der Waals surface area contributed by atoms with Gasteiger partial charge in [0, 0.05) is 28.8 Å². The summed E-state index contributed by atoms with van der Waals surface area (Å²) in [5.74, 6) is -2.42. The van der Waals surface area contributed by atoms with Crippen molar-refractivity contribution in [2.75, 3.05) is 23.4 Å². The fourth-order valence-corrected chi connectivity index (χ4v) is 3.87. The number of aryl methyl sites for hydroxylation is 2. The zero-order valence-electron chi connectivity index (χ0n) is 19.5. The van der Waals surface area contributed by atoms with E-state index in [0.717, 1.165) is 15.6 Å². The molecule has 0 saturated carbocycles. The first-order valence-electron chi connectivity index (χ1n) is 10.9. The highest BCUT2D eigenvalue weighted by Crippen LogP contribution is 2.27. The fraction of sp³-hybridized carbons (Fsp3) is 0.360. The lowest BCUT2D eigenvalue weighted by molar-refractivity contribution is -0.151. The molecule has 9 heteroatoms. The van der Waals surface area contributed by atoms with Crippen molar-refractivity contribution < 1.29 is 28.7 Å². The van der Waals surface area contributed by atoms with E-state index in [0.29, 0.717) is 16.9 Å². The zero-order chi connectivity index (χ0) is 25.0. The van der Waals surface area contributed by atoms with Crippen LogP contribution >= 0.6 is 15.9 Å². The maximum Gasteiger partial charge on any atom is 0.338 e.